The molecule has 2 aliphatic heterocycles. The van der Waals surface area contributed by atoms with Crippen LogP contribution in [0.3, 0.4) is 0 Å². The van der Waals surface area contributed by atoms with Crippen molar-refractivity contribution in [3.05, 3.63) is 76.5 Å². The van der Waals surface area contributed by atoms with E-state index in [0.717, 1.165) is 11.3 Å². The first kappa shape index (κ1) is 11.4. The van der Waals surface area contributed by atoms with Gasteiger partial charge in [-0.05, 0) is 40.5 Å². The Hall–Kier alpha value is -2.48. The summed E-state index contributed by atoms with van der Waals surface area (Å²) in [4.78, 5) is 0. The average molecular weight is 262 g/mol. The molecule has 2 aromatic rings. The Bertz CT molecular complexity index is 726. The molecule has 0 amide bonds. The zero-order valence-electron chi connectivity index (χ0n) is 11.0. The lowest BCUT2D eigenvalue weighted by atomic mass is 9.99. The van der Waals surface area contributed by atoms with Gasteiger partial charge in [0, 0.05) is 5.56 Å². The van der Waals surface area contributed by atoms with Crippen LogP contribution in [0.1, 0.15) is 27.8 Å². The minimum absolute atomic E-state index is 0.629. The highest BCUT2D eigenvalue weighted by molar-refractivity contribution is 5.80. The second-order valence-corrected chi connectivity index (χ2v) is 5.02. The highest BCUT2D eigenvalue weighted by atomic mass is 16.5. The maximum absolute atomic E-state index is 5.88. The predicted molar refractivity (Wildman–Crippen MR) is 79.4 cm³/mol. The topological polar surface area (TPSA) is 18.5 Å². The normalized spacial score (nSPS) is 15.5. The zero-order valence-corrected chi connectivity index (χ0v) is 11.0. The second-order valence-electron chi connectivity index (χ2n) is 5.02. The monoisotopic (exact) mass is 262 g/mol. The summed E-state index contributed by atoms with van der Waals surface area (Å²) in [6.45, 7) is 1.26. The Kier molecular flexibility index (Phi) is 2.59. The quantitative estimate of drug-likeness (QED) is 0.766. The van der Waals surface area contributed by atoms with Crippen molar-refractivity contribution in [2.45, 2.75) is 13.2 Å². The molecule has 0 atom stereocenters. The molecule has 0 aliphatic carbocycles. The minimum Gasteiger partial charge on any atom is -0.496 e. The van der Waals surface area contributed by atoms with Crippen LogP contribution in [0.2, 0.25) is 0 Å². The predicted octanol–water partition coefficient (Wildman–Crippen LogP) is 4.22. The molecule has 2 heteroatoms. The second kappa shape index (κ2) is 4.57. The first-order valence-electron chi connectivity index (χ1n) is 6.74. The molecule has 20 heavy (non-hydrogen) atoms. The van der Waals surface area contributed by atoms with E-state index >= 15 is 0 Å². The van der Waals surface area contributed by atoms with Gasteiger partial charge in [0.2, 0.25) is 0 Å². The van der Waals surface area contributed by atoms with Gasteiger partial charge in [0.25, 0.3) is 0 Å². The molecule has 2 heterocycles. The van der Waals surface area contributed by atoms with E-state index in [0.29, 0.717) is 13.2 Å². The minimum atomic E-state index is 0.629. The van der Waals surface area contributed by atoms with Gasteiger partial charge in [-0.2, -0.15) is 0 Å². The fourth-order valence-electron chi connectivity index (χ4n) is 2.62. The molecular formula is C18H14O2. The van der Waals surface area contributed by atoms with E-state index in [2.05, 4.69) is 42.5 Å². The number of hydrogen-bond donors (Lipinski definition) is 0. The smallest absolute Gasteiger partial charge is 0.127 e. The summed E-state index contributed by atoms with van der Waals surface area (Å²) in [5, 5.41) is 0. The van der Waals surface area contributed by atoms with Crippen molar-refractivity contribution < 1.29 is 9.47 Å². The van der Waals surface area contributed by atoms with Crippen LogP contribution in [0.5, 0.6) is 0 Å². The van der Waals surface area contributed by atoms with E-state index in [9.17, 15) is 0 Å². The van der Waals surface area contributed by atoms with Gasteiger partial charge in [-0.25, -0.2) is 0 Å². The Labute approximate surface area is 118 Å². The number of ether oxygens (including phenoxy) is 2. The van der Waals surface area contributed by atoms with Gasteiger partial charge in [-0.3, -0.25) is 0 Å². The van der Waals surface area contributed by atoms with E-state index in [1.54, 1.807) is 6.26 Å². The first-order valence-corrected chi connectivity index (χ1v) is 6.74. The van der Waals surface area contributed by atoms with Crippen LogP contribution < -0.4 is 0 Å². The number of benzene rings is 2. The largest absolute Gasteiger partial charge is 0.496 e. The fourth-order valence-corrected chi connectivity index (χ4v) is 2.62. The van der Waals surface area contributed by atoms with Gasteiger partial charge < -0.3 is 9.47 Å². The molecule has 0 unspecified atom stereocenters. The van der Waals surface area contributed by atoms with Crippen LogP contribution in [0.15, 0.2) is 48.7 Å². The SMILES string of the molecule is C1=Cc2ccc(C3=Cc4ccccc4CO3)cc2CO1. The third kappa shape index (κ3) is 1.90. The standard InChI is InChI=1S/C18H14O2/c1-2-4-16-12-20-18(10-14(16)3-1)15-6-5-13-7-8-19-11-17(13)9-15/h1-10H,11-12H2. The molecule has 2 nitrogen and oxygen atoms in total. The van der Waals surface area contributed by atoms with E-state index in [1.807, 2.05) is 12.1 Å². The molecule has 4 rings (SSSR count). The van der Waals surface area contributed by atoms with Crippen molar-refractivity contribution in [2.75, 3.05) is 0 Å². The molecule has 2 aliphatic rings. The van der Waals surface area contributed by atoms with E-state index < -0.39 is 0 Å². The fraction of sp³-hybridized carbons (Fsp3) is 0.111. The summed E-state index contributed by atoms with van der Waals surface area (Å²) in [6, 6.07) is 14.7. The summed E-state index contributed by atoms with van der Waals surface area (Å²) in [5.74, 6) is 0.932. The van der Waals surface area contributed by atoms with Gasteiger partial charge >= 0.3 is 0 Å². The Balaban J connectivity index is 1.76. The van der Waals surface area contributed by atoms with E-state index in [1.165, 1.54) is 22.3 Å². The van der Waals surface area contributed by atoms with Crippen molar-refractivity contribution in [1.29, 1.82) is 0 Å². The summed E-state index contributed by atoms with van der Waals surface area (Å²) >= 11 is 0. The molecule has 0 bridgehead atoms. The lowest BCUT2D eigenvalue weighted by molar-refractivity contribution is 0.234. The number of fused-ring (bicyclic) bond motifs is 2. The van der Waals surface area contributed by atoms with Crippen molar-refractivity contribution in [3.63, 3.8) is 0 Å². The van der Waals surface area contributed by atoms with Gasteiger partial charge in [0.1, 0.15) is 19.0 Å². The van der Waals surface area contributed by atoms with Gasteiger partial charge in [0.15, 0.2) is 0 Å². The lowest BCUT2D eigenvalue weighted by Crippen LogP contribution is -2.03. The zero-order chi connectivity index (χ0) is 13.4. The van der Waals surface area contributed by atoms with Crippen LogP contribution in [-0.4, -0.2) is 0 Å². The Morgan fingerprint density at radius 1 is 0.850 bits per heavy atom. The molecule has 0 saturated heterocycles. The van der Waals surface area contributed by atoms with Gasteiger partial charge in [-0.15, -0.1) is 0 Å². The highest BCUT2D eigenvalue weighted by Crippen LogP contribution is 2.30. The molecular weight excluding hydrogens is 248 g/mol. The Morgan fingerprint density at radius 2 is 1.80 bits per heavy atom. The van der Waals surface area contributed by atoms with Gasteiger partial charge in [0.05, 0.1) is 6.26 Å². The molecule has 0 saturated carbocycles. The van der Waals surface area contributed by atoms with Crippen molar-refractivity contribution in [1.82, 2.24) is 0 Å². The Morgan fingerprint density at radius 3 is 2.80 bits per heavy atom. The molecule has 98 valence electrons. The highest BCUT2D eigenvalue weighted by Gasteiger charge is 2.14. The van der Waals surface area contributed by atoms with Crippen molar-refractivity contribution >= 4 is 17.9 Å². The van der Waals surface area contributed by atoms with Gasteiger partial charge in [-0.1, -0.05) is 36.4 Å². The molecule has 0 N–H and O–H groups in total. The maximum atomic E-state index is 5.88. The maximum Gasteiger partial charge on any atom is 0.127 e. The molecule has 0 fully saturated rings. The molecule has 0 spiro atoms. The molecule has 2 aromatic carbocycles. The molecule has 0 aromatic heterocycles. The summed E-state index contributed by atoms with van der Waals surface area (Å²) < 4.78 is 11.2. The van der Waals surface area contributed by atoms with E-state index in [-0.39, 0.29) is 0 Å². The van der Waals surface area contributed by atoms with Crippen molar-refractivity contribution in [3.8, 4) is 0 Å². The van der Waals surface area contributed by atoms with Crippen molar-refractivity contribution in [2.24, 2.45) is 0 Å². The number of hydrogen-bond acceptors (Lipinski definition) is 2. The summed E-state index contributed by atoms with van der Waals surface area (Å²) in [7, 11) is 0. The van der Waals surface area contributed by atoms with Crippen LogP contribution in [0, 0.1) is 0 Å². The van der Waals surface area contributed by atoms with E-state index in [4.69, 9.17) is 9.47 Å². The first-order chi connectivity index (χ1) is 9.90. The van der Waals surface area contributed by atoms with Crippen LogP contribution >= 0.6 is 0 Å². The van der Waals surface area contributed by atoms with Crippen LogP contribution in [0.25, 0.3) is 17.9 Å². The third-order valence-electron chi connectivity index (χ3n) is 3.74. The third-order valence-corrected chi connectivity index (χ3v) is 3.74. The lowest BCUT2D eigenvalue weighted by Gasteiger charge is -2.19. The average Bonchev–Trinajstić information content (AvgIpc) is 2.54. The summed E-state index contributed by atoms with van der Waals surface area (Å²) in [6.07, 6.45) is 5.85. The summed E-state index contributed by atoms with van der Waals surface area (Å²) in [5.41, 5.74) is 6.01. The molecule has 0 radical (unpaired) electrons. The van der Waals surface area contributed by atoms with Crippen LogP contribution in [-0.2, 0) is 22.7 Å². The number of rotatable bonds is 1. The van der Waals surface area contributed by atoms with Crippen LogP contribution in [0.4, 0.5) is 0 Å².